The number of rotatable bonds is 5. The number of aliphatic hydroxyl groups is 1. The molecule has 2 N–H and O–H groups in total. The minimum Gasteiger partial charge on any atom is -0.394 e. The fourth-order valence-electron chi connectivity index (χ4n) is 2.93. The summed E-state index contributed by atoms with van der Waals surface area (Å²) in [5.41, 5.74) is -0.541. The summed E-state index contributed by atoms with van der Waals surface area (Å²) in [6.07, 6.45) is 0.801. The molecule has 1 aliphatic rings. The molecule has 5 nitrogen and oxygen atoms in total. The summed E-state index contributed by atoms with van der Waals surface area (Å²) in [6, 6.07) is 2.54. The second-order valence-corrected chi connectivity index (χ2v) is 8.12. The SMILES string of the molecule is CC(C)NC1(CO)CCN(S(=O)(=O)c2cc(F)ccc2F)CC1. The maximum absolute atomic E-state index is 13.8. The van der Waals surface area contributed by atoms with Gasteiger partial charge in [-0.25, -0.2) is 17.2 Å². The van der Waals surface area contributed by atoms with Crippen molar-refractivity contribution in [1.82, 2.24) is 9.62 Å². The minimum atomic E-state index is -4.09. The molecule has 0 unspecified atom stereocenters. The molecular weight excluding hydrogens is 326 g/mol. The first-order valence-corrected chi connectivity index (χ1v) is 8.98. The Morgan fingerprint density at radius 1 is 1.30 bits per heavy atom. The summed E-state index contributed by atoms with van der Waals surface area (Å²) in [7, 11) is -4.09. The van der Waals surface area contributed by atoms with E-state index in [4.69, 9.17) is 0 Å². The summed E-state index contributed by atoms with van der Waals surface area (Å²) in [6.45, 7) is 4.07. The molecule has 8 heteroatoms. The molecule has 1 aromatic carbocycles. The van der Waals surface area contributed by atoms with Crippen LogP contribution >= 0.6 is 0 Å². The van der Waals surface area contributed by atoms with E-state index in [0.29, 0.717) is 18.9 Å². The average molecular weight is 348 g/mol. The van der Waals surface area contributed by atoms with Gasteiger partial charge in [0.1, 0.15) is 16.5 Å². The van der Waals surface area contributed by atoms with Crippen molar-refractivity contribution in [2.75, 3.05) is 19.7 Å². The molecule has 0 radical (unpaired) electrons. The number of aliphatic hydroxyl groups excluding tert-OH is 1. The van der Waals surface area contributed by atoms with Gasteiger partial charge in [0.2, 0.25) is 10.0 Å². The summed E-state index contributed by atoms with van der Waals surface area (Å²) in [5, 5.41) is 12.9. The fourth-order valence-corrected chi connectivity index (χ4v) is 4.45. The predicted molar refractivity (Wildman–Crippen MR) is 82.4 cm³/mol. The van der Waals surface area contributed by atoms with E-state index in [1.165, 1.54) is 0 Å². The standard InChI is InChI=1S/C15H22F2N2O3S/c1-11(2)18-15(10-20)5-7-19(8-6-15)23(21,22)14-9-12(16)3-4-13(14)17/h3-4,9,11,18,20H,5-8,10H2,1-2H3. The second kappa shape index (κ2) is 6.80. The van der Waals surface area contributed by atoms with Crippen LogP contribution in [0.4, 0.5) is 8.78 Å². The third-order valence-electron chi connectivity index (χ3n) is 4.09. The van der Waals surface area contributed by atoms with Gasteiger partial charge >= 0.3 is 0 Å². The van der Waals surface area contributed by atoms with Gasteiger partial charge in [0.25, 0.3) is 0 Å². The molecule has 0 saturated carbocycles. The van der Waals surface area contributed by atoms with E-state index in [1.807, 2.05) is 13.8 Å². The van der Waals surface area contributed by atoms with Crippen LogP contribution in [0.25, 0.3) is 0 Å². The maximum Gasteiger partial charge on any atom is 0.246 e. The van der Waals surface area contributed by atoms with Gasteiger partial charge in [-0.2, -0.15) is 4.31 Å². The third-order valence-corrected chi connectivity index (χ3v) is 6.00. The van der Waals surface area contributed by atoms with Crippen molar-refractivity contribution < 1.29 is 22.3 Å². The molecule has 1 aliphatic heterocycles. The van der Waals surface area contributed by atoms with E-state index in [1.54, 1.807) is 0 Å². The molecule has 23 heavy (non-hydrogen) atoms. The smallest absolute Gasteiger partial charge is 0.246 e. The Morgan fingerprint density at radius 3 is 2.43 bits per heavy atom. The van der Waals surface area contributed by atoms with Crippen molar-refractivity contribution in [3.05, 3.63) is 29.8 Å². The molecular formula is C15H22F2N2O3S. The summed E-state index contributed by atoms with van der Waals surface area (Å²) in [5.74, 6) is -1.76. The van der Waals surface area contributed by atoms with Crippen LogP contribution in [0.15, 0.2) is 23.1 Å². The first-order valence-electron chi connectivity index (χ1n) is 7.54. The largest absolute Gasteiger partial charge is 0.394 e. The van der Waals surface area contributed by atoms with Crippen LogP contribution in [0.3, 0.4) is 0 Å². The lowest BCUT2D eigenvalue weighted by molar-refractivity contribution is 0.0984. The predicted octanol–water partition coefficient (Wildman–Crippen LogP) is 1.48. The van der Waals surface area contributed by atoms with Gasteiger partial charge in [-0.1, -0.05) is 13.8 Å². The van der Waals surface area contributed by atoms with Gasteiger partial charge in [0.05, 0.1) is 6.61 Å². The number of benzene rings is 1. The number of hydrogen-bond donors (Lipinski definition) is 2. The lowest BCUT2D eigenvalue weighted by Gasteiger charge is -2.42. The van der Waals surface area contributed by atoms with Gasteiger partial charge in [-0.3, -0.25) is 0 Å². The Morgan fingerprint density at radius 2 is 1.91 bits per heavy atom. The first kappa shape index (κ1) is 18.3. The van der Waals surface area contributed by atoms with E-state index in [-0.39, 0.29) is 25.7 Å². The van der Waals surface area contributed by atoms with Gasteiger partial charge in [0.15, 0.2) is 0 Å². The number of piperidine rings is 1. The molecule has 1 heterocycles. The van der Waals surface area contributed by atoms with Crippen molar-refractivity contribution >= 4 is 10.0 Å². The normalized spacial score (nSPS) is 19.2. The molecule has 0 atom stereocenters. The van der Waals surface area contributed by atoms with E-state index in [9.17, 15) is 22.3 Å². The monoisotopic (exact) mass is 348 g/mol. The lowest BCUT2D eigenvalue weighted by Crippen LogP contribution is -2.58. The van der Waals surface area contributed by atoms with Gasteiger partial charge in [0, 0.05) is 24.7 Å². The van der Waals surface area contributed by atoms with Crippen molar-refractivity contribution in [1.29, 1.82) is 0 Å². The van der Waals surface area contributed by atoms with Crippen LogP contribution in [-0.2, 0) is 10.0 Å². The fraction of sp³-hybridized carbons (Fsp3) is 0.600. The molecule has 130 valence electrons. The van der Waals surface area contributed by atoms with Crippen molar-refractivity contribution in [3.63, 3.8) is 0 Å². The molecule has 1 aromatic rings. The highest BCUT2D eigenvalue weighted by atomic mass is 32.2. The summed E-state index contributed by atoms with van der Waals surface area (Å²) < 4.78 is 53.2. The number of nitrogens with zero attached hydrogens (tertiary/aromatic N) is 1. The lowest BCUT2D eigenvalue weighted by atomic mass is 9.88. The highest BCUT2D eigenvalue weighted by Gasteiger charge is 2.39. The molecule has 0 spiro atoms. The number of nitrogens with one attached hydrogen (secondary N) is 1. The van der Waals surface area contributed by atoms with Crippen LogP contribution < -0.4 is 5.32 Å². The Labute approximate surface area is 135 Å². The second-order valence-electron chi connectivity index (χ2n) is 6.22. The molecule has 0 aliphatic carbocycles. The Bertz CT molecular complexity index is 657. The van der Waals surface area contributed by atoms with Crippen molar-refractivity contribution in [2.45, 2.75) is 43.2 Å². The Balaban J connectivity index is 2.20. The zero-order chi connectivity index (χ0) is 17.3. The highest BCUT2D eigenvalue weighted by molar-refractivity contribution is 7.89. The van der Waals surface area contributed by atoms with Gasteiger partial charge in [-0.15, -0.1) is 0 Å². The molecule has 1 saturated heterocycles. The first-order chi connectivity index (χ1) is 10.7. The van der Waals surface area contributed by atoms with E-state index >= 15 is 0 Å². The number of sulfonamides is 1. The third kappa shape index (κ3) is 3.88. The zero-order valence-electron chi connectivity index (χ0n) is 13.2. The summed E-state index contributed by atoms with van der Waals surface area (Å²) in [4.78, 5) is -0.647. The minimum absolute atomic E-state index is 0.104. The maximum atomic E-state index is 13.8. The zero-order valence-corrected chi connectivity index (χ0v) is 14.0. The van der Waals surface area contributed by atoms with E-state index in [0.717, 1.165) is 16.4 Å². The topological polar surface area (TPSA) is 69.6 Å². The van der Waals surface area contributed by atoms with Crippen molar-refractivity contribution in [2.24, 2.45) is 0 Å². The molecule has 0 bridgehead atoms. The highest BCUT2D eigenvalue weighted by Crippen LogP contribution is 2.28. The van der Waals surface area contributed by atoms with Gasteiger partial charge < -0.3 is 10.4 Å². The van der Waals surface area contributed by atoms with Crippen LogP contribution in [0.2, 0.25) is 0 Å². The summed E-state index contributed by atoms with van der Waals surface area (Å²) >= 11 is 0. The average Bonchev–Trinajstić information content (AvgIpc) is 2.49. The molecule has 1 fully saturated rings. The van der Waals surface area contributed by atoms with Crippen LogP contribution in [-0.4, -0.2) is 49.1 Å². The number of halogens is 2. The molecule has 0 amide bonds. The van der Waals surface area contributed by atoms with Crippen molar-refractivity contribution in [3.8, 4) is 0 Å². The Hall–Kier alpha value is -1.09. The van der Waals surface area contributed by atoms with Crippen LogP contribution in [0, 0.1) is 11.6 Å². The van der Waals surface area contributed by atoms with E-state index in [2.05, 4.69) is 5.32 Å². The van der Waals surface area contributed by atoms with Gasteiger partial charge in [-0.05, 0) is 31.0 Å². The molecule has 2 rings (SSSR count). The Kier molecular flexibility index (Phi) is 5.40. The van der Waals surface area contributed by atoms with Crippen LogP contribution in [0.5, 0.6) is 0 Å². The quantitative estimate of drug-likeness (QED) is 0.846. The van der Waals surface area contributed by atoms with E-state index < -0.39 is 32.1 Å². The molecule has 0 aromatic heterocycles. The van der Waals surface area contributed by atoms with Crippen LogP contribution in [0.1, 0.15) is 26.7 Å². The number of hydrogen-bond acceptors (Lipinski definition) is 4.